The SMILES string of the molecule is COCc1ccccc1CNC1CCC(C)C1C. The van der Waals surface area contributed by atoms with E-state index in [1.54, 1.807) is 7.11 Å². The third kappa shape index (κ3) is 3.12. The summed E-state index contributed by atoms with van der Waals surface area (Å²) in [7, 11) is 1.75. The van der Waals surface area contributed by atoms with E-state index in [1.165, 1.54) is 24.0 Å². The van der Waals surface area contributed by atoms with E-state index < -0.39 is 0 Å². The standard InChI is InChI=1S/C16H25NO/c1-12-8-9-16(13(12)2)17-10-14-6-4-5-7-15(14)11-18-3/h4-7,12-13,16-17H,8-11H2,1-3H3. The van der Waals surface area contributed by atoms with Crippen LogP contribution in [-0.4, -0.2) is 13.2 Å². The fourth-order valence-electron chi connectivity index (χ4n) is 2.92. The number of hydrogen-bond donors (Lipinski definition) is 1. The Morgan fingerprint density at radius 1 is 1.17 bits per heavy atom. The van der Waals surface area contributed by atoms with Gasteiger partial charge in [-0.05, 0) is 35.8 Å². The molecule has 1 N–H and O–H groups in total. The lowest BCUT2D eigenvalue weighted by Gasteiger charge is -2.20. The van der Waals surface area contributed by atoms with Crippen LogP contribution in [-0.2, 0) is 17.9 Å². The summed E-state index contributed by atoms with van der Waals surface area (Å²) < 4.78 is 5.25. The van der Waals surface area contributed by atoms with Crippen molar-refractivity contribution >= 4 is 0 Å². The Kier molecular flexibility index (Phi) is 4.79. The third-order valence-corrected chi connectivity index (χ3v) is 4.44. The Labute approximate surface area is 111 Å². The van der Waals surface area contributed by atoms with Crippen LogP contribution < -0.4 is 5.32 Å². The van der Waals surface area contributed by atoms with Gasteiger partial charge in [-0.25, -0.2) is 0 Å². The molecule has 1 aliphatic rings. The highest BCUT2D eigenvalue weighted by atomic mass is 16.5. The number of methoxy groups -OCH3 is 1. The molecule has 1 aromatic carbocycles. The number of benzene rings is 1. The van der Waals surface area contributed by atoms with Crippen LogP contribution in [0.1, 0.15) is 37.8 Å². The molecule has 0 aromatic heterocycles. The third-order valence-electron chi connectivity index (χ3n) is 4.44. The van der Waals surface area contributed by atoms with Crippen LogP contribution in [0.15, 0.2) is 24.3 Å². The molecular formula is C16H25NO. The zero-order valence-corrected chi connectivity index (χ0v) is 11.8. The van der Waals surface area contributed by atoms with Gasteiger partial charge in [0, 0.05) is 19.7 Å². The van der Waals surface area contributed by atoms with Gasteiger partial charge in [0.2, 0.25) is 0 Å². The van der Waals surface area contributed by atoms with Gasteiger partial charge in [-0.15, -0.1) is 0 Å². The molecule has 100 valence electrons. The van der Waals surface area contributed by atoms with Gasteiger partial charge in [0.1, 0.15) is 0 Å². The molecule has 0 amide bonds. The maximum absolute atomic E-state index is 5.25. The molecule has 1 saturated carbocycles. The van der Waals surface area contributed by atoms with Crippen molar-refractivity contribution in [3.8, 4) is 0 Å². The maximum atomic E-state index is 5.25. The Morgan fingerprint density at radius 3 is 2.50 bits per heavy atom. The summed E-state index contributed by atoms with van der Waals surface area (Å²) in [5.41, 5.74) is 2.66. The minimum Gasteiger partial charge on any atom is -0.380 e. The molecule has 0 bridgehead atoms. The van der Waals surface area contributed by atoms with E-state index in [2.05, 4.69) is 43.4 Å². The second-order valence-electron chi connectivity index (χ2n) is 5.60. The Balaban J connectivity index is 1.94. The Hall–Kier alpha value is -0.860. The Bertz CT molecular complexity index is 377. The number of hydrogen-bond acceptors (Lipinski definition) is 2. The molecule has 1 aromatic rings. The highest BCUT2D eigenvalue weighted by molar-refractivity contribution is 5.26. The van der Waals surface area contributed by atoms with E-state index in [9.17, 15) is 0 Å². The molecule has 18 heavy (non-hydrogen) atoms. The van der Waals surface area contributed by atoms with Crippen molar-refractivity contribution in [2.45, 2.75) is 45.9 Å². The summed E-state index contributed by atoms with van der Waals surface area (Å²) in [5, 5.41) is 3.72. The van der Waals surface area contributed by atoms with Gasteiger partial charge < -0.3 is 10.1 Å². The van der Waals surface area contributed by atoms with Crippen LogP contribution in [0.2, 0.25) is 0 Å². The van der Waals surface area contributed by atoms with Crippen molar-refractivity contribution in [1.29, 1.82) is 0 Å². The fraction of sp³-hybridized carbons (Fsp3) is 0.625. The second-order valence-corrected chi connectivity index (χ2v) is 5.60. The van der Waals surface area contributed by atoms with E-state index in [4.69, 9.17) is 4.74 Å². The van der Waals surface area contributed by atoms with E-state index in [0.29, 0.717) is 12.6 Å². The van der Waals surface area contributed by atoms with E-state index in [0.717, 1.165) is 18.4 Å². The first-order chi connectivity index (χ1) is 8.72. The van der Waals surface area contributed by atoms with Crippen LogP contribution in [0.3, 0.4) is 0 Å². The minimum absolute atomic E-state index is 0.676. The molecule has 3 atom stereocenters. The van der Waals surface area contributed by atoms with Crippen molar-refractivity contribution in [2.75, 3.05) is 7.11 Å². The molecule has 0 spiro atoms. The van der Waals surface area contributed by atoms with Crippen molar-refractivity contribution < 1.29 is 4.74 Å². The topological polar surface area (TPSA) is 21.3 Å². The van der Waals surface area contributed by atoms with E-state index >= 15 is 0 Å². The normalized spacial score (nSPS) is 27.6. The average molecular weight is 247 g/mol. The minimum atomic E-state index is 0.676. The van der Waals surface area contributed by atoms with Crippen molar-refractivity contribution in [2.24, 2.45) is 11.8 Å². The van der Waals surface area contributed by atoms with E-state index in [-0.39, 0.29) is 0 Å². The highest BCUT2D eigenvalue weighted by Crippen LogP contribution is 2.31. The molecule has 2 nitrogen and oxygen atoms in total. The van der Waals surface area contributed by atoms with E-state index in [1.807, 2.05) is 0 Å². The van der Waals surface area contributed by atoms with Crippen LogP contribution >= 0.6 is 0 Å². The quantitative estimate of drug-likeness (QED) is 0.861. The van der Waals surface area contributed by atoms with Gasteiger partial charge in [0.25, 0.3) is 0 Å². The molecule has 3 unspecified atom stereocenters. The average Bonchev–Trinajstić information content (AvgIpc) is 2.70. The van der Waals surface area contributed by atoms with Crippen LogP contribution in [0.4, 0.5) is 0 Å². The Morgan fingerprint density at radius 2 is 1.89 bits per heavy atom. The lowest BCUT2D eigenvalue weighted by Crippen LogP contribution is -2.32. The lowest BCUT2D eigenvalue weighted by atomic mass is 9.97. The van der Waals surface area contributed by atoms with Gasteiger partial charge in [-0.1, -0.05) is 38.1 Å². The summed E-state index contributed by atoms with van der Waals surface area (Å²) >= 11 is 0. The molecule has 2 heteroatoms. The van der Waals surface area contributed by atoms with Crippen LogP contribution in [0.25, 0.3) is 0 Å². The summed E-state index contributed by atoms with van der Waals surface area (Å²) in [4.78, 5) is 0. The van der Waals surface area contributed by atoms with Crippen molar-refractivity contribution in [3.63, 3.8) is 0 Å². The van der Waals surface area contributed by atoms with Gasteiger partial charge in [-0.2, -0.15) is 0 Å². The molecule has 0 radical (unpaired) electrons. The zero-order chi connectivity index (χ0) is 13.0. The molecule has 1 aliphatic carbocycles. The second kappa shape index (κ2) is 6.35. The lowest BCUT2D eigenvalue weighted by molar-refractivity contribution is 0.184. The zero-order valence-electron chi connectivity index (χ0n) is 11.8. The number of nitrogens with one attached hydrogen (secondary N) is 1. The van der Waals surface area contributed by atoms with Crippen molar-refractivity contribution in [1.82, 2.24) is 5.32 Å². The maximum Gasteiger partial charge on any atom is 0.0716 e. The van der Waals surface area contributed by atoms with Gasteiger partial charge in [0.05, 0.1) is 6.61 Å². The van der Waals surface area contributed by atoms with Gasteiger partial charge >= 0.3 is 0 Å². The number of ether oxygens (including phenoxy) is 1. The molecule has 0 aliphatic heterocycles. The molecule has 0 saturated heterocycles. The summed E-state index contributed by atoms with van der Waals surface area (Å²) in [6.07, 6.45) is 2.67. The summed E-state index contributed by atoms with van der Waals surface area (Å²) in [5.74, 6) is 1.65. The van der Waals surface area contributed by atoms with Crippen LogP contribution in [0, 0.1) is 11.8 Å². The largest absolute Gasteiger partial charge is 0.380 e. The summed E-state index contributed by atoms with van der Waals surface area (Å²) in [6, 6.07) is 9.22. The molecule has 1 fully saturated rings. The molecular weight excluding hydrogens is 222 g/mol. The van der Waals surface area contributed by atoms with Crippen molar-refractivity contribution in [3.05, 3.63) is 35.4 Å². The molecule has 2 rings (SSSR count). The summed E-state index contributed by atoms with van der Waals surface area (Å²) in [6.45, 7) is 6.40. The smallest absolute Gasteiger partial charge is 0.0716 e. The molecule has 0 heterocycles. The monoisotopic (exact) mass is 247 g/mol. The predicted octanol–water partition coefficient (Wildman–Crippen LogP) is 3.36. The first-order valence-electron chi connectivity index (χ1n) is 7.01. The fourth-order valence-corrected chi connectivity index (χ4v) is 2.92. The van der Waals surface area contributed by atoms with Crippen LogP contribution in [0.5, 0.6) is 0 Å². The predicted molar refractivity (Wildman–Crippen MR) is 75.3 cm³/mol. The highest BCUT2D eigenvalue weighted by Gasteiger charge is 2.29. The van der Waals surface area contributed by atoms with Gasteiger partial charge in [0.15, 0.2) is 0 Å². The van der Waals surface area contributed by atoms with Gasteiger partial charge in [-0.3, -0.25) is 0 Å². The first-order valence-corrected chi connectivity index (χ1v) is 7.01. The number of rotatable bonds is 5. The first kappa shape index (κ1) is 13.6.